The highest BCUT2D eigenvalue weighted by atomic mass is 16.5. The molecule has 1 saturated heterocycles. The predicted octanol–water partition coefficient (Wildman–Crippen LogP) is 2.65. The predicted molar refractivity (Wildman–Crippen MR) is 111 cm³/mol. The normalized spacial score (nSPS) is 18.2. The molecule has 1 aromatic heterocycles. The Kier molecular flexibility index (Phi) is 6.79. The number of guanidine groups is 1. The van der Waals surface area contributed by atoms with Crippen molar-refractivity contribution in [1.29, 1.82) is 0 Å². The van der Waals surface area contributed by atoms with Crippen molar-refractivity contribution in [2.24, 2.45) is 12.0 Å². The minimum Gasteiger partial charge on any atom is -0.497 e. The number of hydrogen-bond acceptors (Lipinski definition) is 4. The molecule has 0 aliphatic carbocycles. The molecule has 152 valence electrons. The molecule has 2 atom stereocenters. The van der Waals surface area contributed by atoms with Crippen LogP contribution >= 0.6 is 0 Å². The molecule has 1 aliphatic rings. The molecule has 2 heterocycles. The minimum absolute atomic E-state index is 0.0301. The Bertz CT molecular complexity index is 789. The average molecular weight is 386 g/mol. The molecular weight excluding hydrogens is 354 g/mol. The van der Waals surface area contributed by atoms with Gasteiger partial charge in [-0.25, -0.2) is 4.99 Å². The van der Waals surface area contributed by atoms with Gasteiger partial charge in [0.1, 0.15) is 17.6 Å². The van der Waals surface area contributed by atoms with Crippen molar-refractivity contribution in [3.8, 4) is 11.5 Å². The highest BCUT2D eigenvalue weighted by Crippen LogP contribution is 2.26. The fourth-order valence-corrected chi connectivity index (χ4v) is 3.46. The van der Waals surface area contributed by atoms with Crippen molar-refractivity contribution in [2.75, 3.05) is 33.3 Å². The Morgan fingerprint density at radius 1 is 1.39 bits per heavy atom. The molecule has 0 spiro atoms. The summed E-state index contributed by atoms with van der Waals surface area (Å²) < 4.78 is 13.1. The SMILES string of the molecule is CCNC(=NCC(C)Oc1cccc(OC)c1)N1CCC(c2cnn(C)c2)C1. The first-order valence-electron chi connectivity index (χ1n) is 9.91. The minimum atomic E-state index is -0.0301. The Morgan fingerprint density at radius 3 is 2.93 bits per heavy atom. The van der Waals surface area contributed by atoms with Crippen LogP contribution in [0.2, 0.25) is 0 Å². The van der Waals surface area contributed by atoms with Gasteiger partial charge in [0.25, 0.3) is 0 Å². The third-order valence-electron chi connectivity index (χ3n) is 4.90. The molecule has 2 unspecified atom stereocenters. The van der Waals surface area contributed by atoms with E-state index >= 15 is 0 Å². The van der Waals surface area contributed by atoms with Gasteiger partial charge in [0.15, 0.2) is 5.96 Å². The maximum Gasteiger partial charge on any atom is 0.194 e. The molecule has 2 aromatic rings. The van der Waals surface area contributed by atoms with Crippen LogP contribution in [0.5, 0.6) is 11.5 Å². The van der Waals surface area contributed by atoms with Crippen LogP contribution in [0.3, 0.4) is 0 Å². The number of aromatic nitrogens is 2. The summed E-state index contributed by atoms with van der Waals surface area (Å²) in [5.74, 6) is 3.04. The van der Waals surface area contributed by atoms with Gasteiger partial charge in [0.05, 0.1) is 19.9 Å². The Labute approximate surface area is 167 Å². The van der Waals surface area contributed by atoms with Crippen LogP contribution in [0, 0.1) is 0 Å². The van der Waals surface area contributed by atoms with E-state index in [0.717, 1.165) is 43.5 Å². The lowest BCUT2D eigenvalue weighted by atomic mass is 10.0. The molecule has 0 saturated carbocycles. The molecule has 0 radical (unpaired) electrons. The van der Waals surface area contributed by atoms with Crippen molar-refractivity contribution in [3.63, 3.8) is 0 Å². The second kappa shape index (κ2) is 9.48. The van der Waals surface area contributed by atoms with Crippen molar-refractivity contribution in [1.82, 2.24) is 20.0 Å². The van der Waals surface area contributed by atoms with Crippen LogP contribution in [0.1, 0.15) is 31.7 Å². The summed E-state index contributed by atoms with van der Waals surface area (Å²) in [5, 5.41) is 7.72. The number of nitrogens with one attached hydrogen (secondary N) is 1. The fourth-order valence-electron chi connectivity index (χ4n) is 3.46. The summed E-state index contributed by atoms with van der Waals surface area (Å²) in [7, 11) is 3.62. The van der Waals surface area contributed by atoms with Gasteiger partial charge < -0.3 is 19.7 Å². The first-order chi connectivity index (χ1) is 13.6. The van der Waals surface area contributed by atoms with E-state index in [4.69, 9.17) is 14.5 Å². The molecule has 28 heavy (non-hydrogen) atoms. The van der Waals surface area contributed by atoms with Gasteiger partial charge in [0, 0.05) is 44.9 Å². The monoisotopic (exact) mass is 385 g/mol. The highest BCUT2D eigenvalue weighted by Gasteiger charge is 2.27. The van der Waals surface area contributed by atoms with Gasteiger partial charge in [-0.1, -0.05) is 6.07 Å². The smallest absolute Gasteiger partial charge is 0.194 e. The fraction of sp³-hybridized carbons (Fsp3) is 0.524. The number of aliphatic imine (C=N–C) groups is 1. The zero-order valence-corrected chi connectivity index (χ0v) is 17.3. The summed E-state index contributed by atoms with van der Waals surface area (Å²) in [4.78, 5) is 7.15. The van der Waals surface area contributed by atoms with E-state index in [1.807, 2.05) is 49.1 Å². The first kappa shape index (κ1) is 20.0. The number of benzene rings is 1. The van der Waals surface area contributed by atoms with Crippen molar-refractivity contribution in [2.45, 2.75) is 32.3 Å². The van der Waals surface area contributed by atoms with Crippen LogP contribution < -0.4 is 14.8 Å². The average Bonchev–Trinajstić information content (AvgIpc) is 3.34. The zero-order valence-electron chi connectivity index (χ0n) is 17.3. The van der Waals surface area contributed by atoms with E-state index in [1.54, 1.807) is 7.11 Å². The lowest BCUT2D eigenvalue weighted by molar-refractivity contribution is 0.228. The topological polar surface area (TPSA) is 63.9 Å². The number of methoxy groups -OCH3 is 1. The molecule has 7 nitrogen and oxygen atoms in total. The molecule has 0 bridgehead atoms. The summed E-state index contributed by atoms with van der Waals surface area (Å²) in [5.41, 5.74) is 1.30. The van der Waals surface area contributed by atoms with E-state index in [-0.39, 0.29) is 6.10 Å². The molecule has 1 fully saturated rings. The Hall–Kier alpha value is -2.70. The van der Waals surface area contributed by atoms with E-state index < -0.39 is 0 Å². The quantitative estimate of drug-likeness (QED) is 0.586. The van der Waals surface area contributed by atoms with Gasteiger partial charge in [-0.05, 0) is 38.0 Å². The Balaban J connectivity index is 1.59. The number of ether oxygens (including phenoxy) is 2. The summed E-state index contributed by atoms with van der Waals surface area (Å²) in [6.45, 7) is 7.53. The molecular formula is C21H31N5O2. The summed E-state index contributed by atoms with van der Waals surface area (Å²) >= 11 is 0. The van der Waals surface area contributed by atoms with Crippen LogP contribution in [-0.4, -0.2) is 60.0 Å². The summed E-state index contributed by atoms with van der Waals surface area (Å²) in [6.07, 6.45) is 5.17. The van der Waals surface area contributed by atoms with Gasteiger partial charge in [-0.15, -0.1) is 0 Å². The third kappa shape index (κ3) is 5.18. The van der Waals surface area contributed by atoms with E-state index in [2.05, 4.69) is 28.4 Å². The number of nitrogens with zero attached hydrogens (tertiary/aromatic N) is 4. The Morgan fingerprint density at radius 2 is 2.21 bits per heavy atom. The first-order valence-corrected chi connectivity index (χ1v) is 9.91. The van der Waals surface area contributed by atoms with Gasteiger partial charge in [-0.2, -0.15) is 5.10 Å². The highest BCUT2D eigenvalue weighted by molar-refractivity contribution is 5.80. The van der Waals surface area contributed by atoms with E-state index in [0.29, 0.717) is 12.5 Å². The van der Waals surface area contributed by atoms with Gasteiger partial charge in [-0.3, -0.25) is 4.68 Å². The number of rotatable bonds is 7. The van der Waals surface area contributed by atoms with Crippen LogP contribution in [0.15, 0.2) is 41.7 Å². The van der Waals surface area contributed by atoms with Crippen molar-refractivity contribution >= 4 is 5.96 Å². The lowest BCUT2D eigenvalue weighted by Crippen LogP contribution is -2.40. The van der Waals surface area contributed by atoms with Gasteiger partial charge in [0.2, 0.25) is 0 Å². The molecule has 1 N–H and O–H groups in total. The molecule has 1 aliphatic heterocycles. The number of aryl methyl sites for hydroxylation is 1. The maximum absolute atomic E-state index is 6.00. The van der Waals surface area contributed by atoms with Crippen molar-refractivity contribution in [3.05, 3.63) is 42.2 Å². The van der Waals surface area contributed by atoms with Crippen LogP contribution in [0.4, 0.5) is 0 Å². The van der Waals surface area contributed by atoms with E-state index in [9.17, 15) is 0 Å². The maximum atomic E-state index is 6.00. The molecule has 0 amide bonds. The van der Waals surface area contributed by atoms with Gasteiger partial charge >= 0.3 is 0 Å². The summed E-state index contributed by atoms with van der Waals surface area (Å²) in [6, 6.07) is 7.67. The zero-order chi connectivity index (χ0) is 19.9. The van der Waals surface area contributed by atoms with E-state index in [1.165, 1.54) is 5.56 Å². The number of hydrogen-bond donors (Lipinski definition) is 1. The lowest BCUT2D eigenvalue weighted by Gasteiger charge is -2.22. The number of likely N-dealkylation sites (tertiary alicyclic amines) is 1. The largest absolute Gasteiger partial charge is 0.497 e. The standard InChI is InChI=1S/C21H31N5O2/c1-5-22-21(26-10-9-17(15-26)18-13-24-25(3)14-18)23-12-16(2)28-20-8-6-7-19(11-20)27-4/h6-8,11,13-14,16-17H,5,9-10,12,15H2,1-4H3,(H,22,23). The second-order valence-corrected chi connectivity index (χ2v) is 7.18. The van der Waals surface area contributed by atoms with Crippen LogP contribution in [0.25, 0.3) is 0 Å². The van der Waals surface area contributed by atoms with Crippen molar-refractivity contribution < 1.29 is 9.47 Å². The molecule has 1 aromatic carbocycles. The third-order valence-corrected chi connectivity index (χ3v) is 4.90. The second-order valence-electron chi connectivity index (χ2n) is 7.18. The van der Waals surface area contributed by atoms with Crippen LogP contribution in [-0.2, 0) is 7.05 Å². The molecule has 3 rings (SSSR count). The molecule has 7 heteroatoms.